The molecule has 1 amide bonds. The highest BCUT2D eigenvalue weighted by Crippen LogP contribution is 2.18. The van der Waals surface area contributed by atoms with E-state index in [1.165, 1.54) is 6.20 Å². The van der Waals surface area contributed by atoms with Crippen molar-refractivity contribution in [2.45, 2.75) is 25.4 Å². The second-order valence-corrected chi connectivity index (χ2v) is 4.89. The average molecular weight is 284 g/mol. The van der Waals surface area contributed by atoms with E-state index in [9.17, 15) is 4.79 Å². The number of pyridine rings is 1. The first kappa shape index (κ1) is 14.1. The van der Waals surface area contributed by atoms with Crippen molar-refractivity contribution in [3.05, 3.63) is 22.8 Å². The molecule has 1 aromatic heterocycles. The van der Waals surface area contributed by atoms with Crippen molar-refractivity contribution in [3.63, 3.8) is 0 Å². The predicted octanol–water partition coefficient (Wildman–Crippen LogP) is 2.08. The summed E-state index contributed by atoms with van der Waals surface area (Å²) >= 11 is 5.98. The molecule has 2 N–H and O–H groups in total. The zero-order valence-corrected chi connectivity index (χ0v) is 11.7. The molecule has 0 radical (unpaired) electrons. The van der Waals surface area contributed by atoms with Crippen LogP contribution in [0, 0.1) is 0 Å². The van der Waals surface area contributed by atoms with E-state index >= 15 is 0 Å². The molecule has 2 rings (SSSR count). The van der Waals surface area contributed by atoms with E-state index in [0.717, 1.165) is 25.9 Å². The molecule has 5 nitrogen and oxygen atoms in total. The number of amides is 1. The highest BCUT2D eigenvalue weighted by Gasteiger charge is 2.16. The maximum Gasteiger partial charge on any atom is 0.252 e. The van der Waals surface area contributed by atoms with Crippen molar-refractivity contribution < 1.29 is 9.53 Å². The first-order valence-corrected chi connectivity index (χ1v) is 6.81. The molecule has 1 saturated heterocycles. The molecule has 1 fully saturated rings. The lowest BCUT2D eigenvalue weighted by Crippen LogP contribution is -2.27. The normalized spacial score (nSPS) is 18.3. The first-order valence-electron chi connectivity index (χ1n) is 6.44. The number of anilines is 1. The monoisotopic (exact) mass is 283 g/mol. The lowest BCUT2D eigenvalue weighted by Gasteiger charge is -2.11. The van der Waals surface area contributed by atoms with Crippen molar-refractivity contribution >= 4 is 23.3 Å². The Morgan fingerprint density at radius 2 is 2.47 bits per heavy atom. The molecular weight excluding hydrogens is 266 g/mol. The third kappa shape index (κ3) is 3.81. The number of carbonyl (C=O) groups is 1. The fourth-order valence-corrected chi connectivity index (χ4v) is 2.25. The number of carbonyl (C=O) groups excluding carboxylic acids is 1. The molecule has 1 aliphatic rings. The summed E-state index contributed by atoms with van der Waals surface area (Å²) in [6.07, 6.45) is 4.78. The molecule has 19 heavy (non-hydrogen) atoms. The minimum Gasteiger partial charge on any atom is -0.378 e. The maximum atomic E-state index is 12.0. The summed E-state index contributed by atoms with van der Waals surface area (Å²) in [6, 6.07) is 1.64. The number of ether oxygens (including phenoxy) is 1. The van der Waals surface area contributed by atoms with Crippen molar-refractivity contribution in [2.75, 3.05) is 25.5 Å². The van der Waals surface area contributed by atoms with E-state index < -0.39 is 0 Å². The van der Waals surface area contributed by atoms with Crippen LogP contribution in [0.1, 0.15) is 29.6 Å². The van der Waals surface area contributed by atoms with Crippen LogP contribution in [-0.4, -0.2) is 37.2 Å². The third-order valence-corrected chi connectivity index (χ3v) is 3.43. The number of nitrogens with zero attached hydrogens (tertiary/aromatic N) is 1. The smallest absolute Gasteiger partial charge is 0.252 e. The molecule has 0 aliphatic carbocycles. The summed E-state index contributed by atoms with van der Waals surface area (Å²) in [5.74, 6) is 0.440. The predicted molar refractivity (Wildman–Crippen MR) is 74.7 cm³/mol. The van der Waals surface area contributed by atoms with Crippen LogP contribution in [0.3, 0.4) is 0 Å². The Hall–Kier alpha value is -1.33. The van der Waals surface area contributed by atoms with Gasteiger partial charge >= 0.3 is 0 Å². The van der Waals surface area contributed by atoms with E-state index in [1.54, 1.807) is 13.1 Å². The second-order valence-electron chi connectivity index (χ2n) is 4.48. The number of nitrogens with one attached hydrogen (secondary N) is 2. The molecule has 1 atom stereocenters. The fraction of sp³-hybridized carbons (Fsp3) is 0.538. The molecule has 0 spiro atoms. The molecule has 2 heterocycles. The van der Waals surface area contributed by atoms with Crippen molar-refractivity contribution in [1.82, 2.24) is 10.3 Å². The Morgan fingerprint density at radius 1 is 1.63 bits per heavy atom. The molecular formula is C13H18ClN3O2. The molecule has 0 bridgehead atoms. The van der Waals surface area contributed by atoms with Gasteiger partial charge in [-0.25, -0.2) is 4.98 Å². The third-order valence-electron chi connectivity index (χ3n) is 3.13. The van der Waals surface area contributed by atoms with Crippen LogP contribution >= 0.6 is 11.6 Å². The molecule has 0 saturated carbocycles. The highest BCUT2D eigenvalue weighted by atomic mass is 35.5. The average Bonchev–Trinajstić information content (AvgIpc) is 2.92. The number of halogens is 1. The van der Waals surface area contributed by atoms with Crippen molar-refractivity contribution in [2.24, 2.45) is 0 Å². The lowest BCUT2D eigenvalue weighted by atomic mass is 10.2. The summed E-state index contributed by atoms with van der Waals surface area (Å²) < 4.78 is 5.50. The van der Waals surface area contributed by atoms with E-state index in [-0.39, 0.29) is 12.0 Å². The molecule has 104 valence electrons. The second kappa shape index (κ2) is 6.73. The lowest BCUT2D eigenvalue weighted by molar-refractivity contribution is 0.0907. The number of hydrogen-bond donors (Lipinski definition) is 2. The van der Waals surface area contributed by atoms with Gasteiger partial charge in [0.2, 0.25) is 0 Å². The number of hydrogen-bond acceptors (Lipinski definition) is 4. The van der Waals surface area contributed by atoms with Crippen LogP contribution in [0.25, 0.3) is 0 Å². The van der Waals surface area contributed by atoms with Gasteiger partial charge in [0.05, 0.1) is 16.7 Å². The standard InChI is InChI=1S/C13H18ClN3O2/c1-15-12-7-10(11(14)8-17-12)13(18)16-5-4-9-3-2-6-19-9/h7-9H,2-6H2,1H3,(H,15,17)(H,16,18). The van der Waals surface area contributed by atoms with Gasteiger partial charge in [0.1, 0.15) is 5.82 Å². The van der Waals surface area contributed by atoms with Gasteiger partial charge in [-0.15, -0.1) is 0 Å². The van der Waals surface area contributed by atoms with E-state index in [0.29, 0.717) is 22.9 Å². The highest BCUT2D eigenvalue weighted by molar-refractivity contribution is 6.33. The van der Waals surface area contributed by atoms with E-state index in [1.807, 2.05) is 0 Å². The van der Waals surface area contributed by atoms with Crippen LogP contribution in [0.5, 0.6) is 0 Å². The van der Waals surface area contributed by atoms with Gasteiger partial charge < -0.3 is 15.4 Å². The van der Waals surface area contributed by atoms with E-state index in [4.69, 9.17) is 16.3 Å². The zero-order chi connectivity index (χ0) is 13.7. The fourth-order valence-electron chi connectivity index (χ4n) is 2.06. The van der Waals surface area contributed by atoms with Gasteiger partial charge in [-0.05, 0) is 25.3 Å². The van der Waals surface area contributed by atoms with Gasteiger partial charge in [-0.2, -0.15) is 0 Å². The van der Waals surface area contributed by atoms with Crippen molar-refractivity contribution in [3.8, 4) is 0 Å². The van der Waals surface area contributed by atoms with Gasteiger partial charge in [-0.3, -0.25) is 4.79 Å². The Labute approximate surface area is 117 Å². The molecule has 0 aromatic carbocycles. The number of rotatable bonds is 5. The van der Waals surface area contributed by atoms with Crippen molar-refractivity contribution in [1.29, 1.82) is 0 Å². The first-order chi connectivity index (χ1) is 9.20. The van der Waals surface area contributed by atoms with Gasteiger partial charge in [0.15, 0.2) is 0 Å². The van der Waals surface area contributed by atoms with E-state index in [2.05, 4.69) is 15.6 Å². The Kier molecular flexibility index (Phi) is 4.99. The maximum absolute atomic E-state index is 12.0. The topological polar surface area (TPSA) is 63.2 Å². The molecule has 1 unspecified atom stereocenters. The molecule has 1 aromatic rings. The quantitative estimate of drug-likeness (QED) is 0.868. The largest absolute Gasteiger partial charge is 0.378 e. The summed E-state index contributed by atoms with van der Waals surface area (Å²) in [6.45, 7) is 1.43. The van der Waals surface area contributed by atoms with Crippen LogP contribution in [0.15, 0.2) is 12.3 Å². The number of aromatic nitrogens is 1. The Balaban J connectivity index is 1.88. The summed E-state index contributed by atoms with van der Waals surface area (Å²) in [5.41, 5.74) is 0.438. The van der Waals surface area contributed by atoms with Crippen LogP contribution < -0.4 is 10.6 Å². The summed E-state index contributed by atoms with van der Waals surface area (Å²) in [4.78, 5) is 16.1. The minimum absolute atomic E-state index is 0.179. The SMILES string of the molecule is CNc1cc(C(=O)NCCC2CCCO2)c(Cl)cn1. The minimum atomic E-state index is -0.179. The summed E-state index contributed by atoms with van der Waals surface area (Å²) in [5, 5.41) is 6.09. The van der Waals surface area contributed by atoms with Crippen LogP contribution in [0.4, 0.5) is 5.82 Å². The Bertz CT molecular complexity index is 448. The Morgan fingerprint density at radius 3 is 3.16 bits per heavy atom. The van der Waals surface area contributed by atoms with Crippen LogP contribution in [-0.2, 0) is 4.74 Å². The van der Waals surface area contributed by atoms with Gasteiger partial charge in [-0.1, -0.05) is 11.6 Å². The molecule has 1 aliphatic heterocycles. The zero-order valence-electron chi connectivity index (χ0n) is 10.9. The van der Waals surface area contributed by atoms with Crippen LogP contribution in [0.2, 0.25) is 5.02 Å². The van der Waals surface area contributed by atoms with Gasteiger partial charge in [0, 0.05) is 26.4 Å². The molecule has 6 heteroatoms. The summed E-state index contributed by atoms with van der Waals surface area (Å²) in [7, 11) is 1.75. The van der Waals surface area contributed by atoms with Gasteiger partial charge in [0.25, 0.3) is 5.91 Å².